The Morgan fingerprint density at radius 1 is 0.771 bits per heavy atom. The number of ether oxygens (including phenoxy) is 2. The van der Waals surface area contributed by atoms with Crippen LogP contribution in [0, 0.1) is 29.6 Å². The van der Waals surface area contributed by atoms with Crippen molar-refractivity contribution in [1.29, 1.82) is 0 Å². The van der Waals surface area contributed by atoms with Crippen molar-refractivity contribution in [3.63, 3.8) is 0 Å². The van der Waals surface area contributed by atoms with Crippen LogP contribution >= 0.6 is 0 Å². The van der Waals surface area contributed by atoms with Crippen molar-refractivity contribution in [2.75, 3.05) is 33.9 Å². The molecular weight excluding hydrogens is 596 g/mol. The number of piperidine rings is 4. The van der Waals surface area contributed by atoms with E-state index in [0.29, 0.717) is 47.7 Å². The summed E-state index contributed by atoms with van der Waals surface area (Å²) in [6.07, 6.45) is 11.3. The monoisotopic (exact) mass is 648 g/mol. The zero-order chi connectivity index (χ0) is 32.3. The maximum Gasteiger partial charge on any atom is 0.134 e. The highest BCUT2D eigenvalue weighted by Gasteiger charge is 2.60. The molecule has 8 bridgehead atoms. The van der Waals surface area contributed by atoms with E-state index in [1.807, 2.05) is 0 Å². The zero-order valence-corrected chi connectivity index (χ0v) is 29.3. The van der Waals surface area contributed by atoms with Crippen LogP contribution in [0.2, 0.25) is 0 Å². The van der Waals surface area contributed by atoms with Gasteiger partial charge in [0.05, 0.1) is 14.2 Å². The van der Waals surface area contributed by atoms with E-state index in [1.165, 1.54) is 91.5 Å². The van der Waals surface area contributed by atoms with Gasteiger partial charge in [0.1, 0.15) is 34.2 Å². The summed E-state index contributed by atoms with van der Waals surface area (Å²) in [7, 11) is 3.57. The van der Waals surface area contributed by atoms with Gasteiger partial charge in [0, 0.05) is 71.5 Å². The van der Waals surface area contributed by atoms with Crippen molar-refractivity contribution in [3.8, 4) is 11.5 Å². The Kier molecular flexibility index (Phi) is 7.03. The van der Waals surface area contributed by atoms with Gasteiger partial charge in [-0.1, -0.05) is 26.7 Å². The van der Waals surface area contributed by atoms with Crippen LogP contribution in [0.4, 0.5) is 0 Å². The minimum Gasteiger partial charge on any atom is -0.497 e. The maximum absolute atomic E-state index is 6.96. The van der Waals surface area contributed by atoms with Gasteiger partial charge >= 0.3 is 0 Å². The molecule has 12 atom stereocenters. The lowest BCUT2D eigenvalue weighted by atomic mass is 9.56. The molecule has 0 amide bonds. The molecular formula is C42H52N2O4. The lowest BCUT2D eigenvalue weighted by molar-refractivity contribution is -0.126. The van der Waals surface area contributed by atoms with E-state index in [4.69, 9.17) is 18.3 Å². The van der Waals surface area contributed by atoms with Crippen LogP contribution in [0.1, 0.15) is 93.3 Å². The zero-order valence-electron chi connectivity index (χ0n) is 29.3. The molecule has 2 aromatic heterocycles. The number of methoxy groups -OCH3 is 2. The number of benzene rings is 2. The number of rotatable bonds is 7. The molecule has 2 aromatic carbocycles. The Balaban J connectivity index is 1.10. The predicted octanol–water partition coefficient (Wildman–Crippen LogP) is 8.79. The van der Waals surface area contributed by atoms with Crippen molar-refractivity contribution in [2.45, 2.75) is 102 Å². The van der Waals surface area contributed by atoms with Gasteiger partial charge in [0.25, 0.3) is 0 Å². The molecule has 6 nitrogen and oxygen atoms in total. The van der Waals surface area contributed by atoms with Crippen molar-refractivity contribution in [1.82, 2.24) is 9.80 Å². The van der Waals surface area contributed by atoms with Crippen LogP contribution in [0.5, 0.6) is 11.5 Å². The fourth-order valence-corrected chi connectivity index (χ4v) is 12.8. The minimum atomic E-state index is 0.478. The number of furan rings is 2. The molecule has 6 aliphatic heterocycles. The van der Waals surface area contributed by atoms with Gasteiger partial charge in [-0.25, -0.2) is 0 Å². The lowest BCUT2D eigenvalue weighted by Crippen LogP contribution is -2.67. The molecule has 12 unspecified atom stereocenters. The van der Waals surface area contributed by atoms with Crippen LogP contribution in [-0.2, 0) is 12.8 Å². The Bertz CT molecular complexity index is 1860. The van der Waals surface area contributed by atoms with Crippen molar-refractivity contribution >= 4 is 21.9 Å². The second-order valence-electron chi connectivity index (χ2n) is 16.4. The first kappa shape index (κ1) is 29.9. The summed E-state index contributed by atoms with van der Waals surface area (Å²) in [6, 6.07) is 14.6. The van der Waals surface area contributed by atoms with Gasteiger partial charge in [0.2, 0.25) is 0 Å². The fraction of sp³-hybridized carbons (Fsp3) is 0.619. The Morgan fingerprint density at radius 3 is 2.17 bits per heavy atom. The fourth-order valence-electron chi connectivity index (χ4n) is 12.8. The van der Waals surface area contributed by atoms with Crippen molar-refractivity contribution < 1.29 is 18.3 Å². The SMILES string of the molecule is CCCC1CC2CC3c4oc5ccc(OC)cc5c4CC(C4C5CC6c7oc8ccc(OC)cc8c7CCN(C5)C6C4CCC)N(C2)C13. The molecule has 12 rings (SSSR count). The first-order valence-corrected chi connectivity index (χ1v) is 19.3. The summed E-state index contributed by atoms with van der Waals surface area (Å²) in [4.78, 5) is 6.04. The number of hydrogen-bond donors (Lipinski definition) is 0. The molecule has 2 saturated carbocycles. The van der Waals surface area contributed by atoms with Gasteiger partial charge in [-0.3, -0.25) is 9.80 Å². The predicted molar refractivity (Wildman–Crippen MR) is 189 cm³/mol. The third-order valence-electron chi connectivity index (χ3n) is 14.3. The summed E-state index contributed by atoms with van der Waals surface area (Å²) in [5.41, 5.74) is 5.05. The first-order chi connectivity index (χ1) is 23.6. The van der Waals surface area contributed by atoms with Crippen molar-refractivity contribution in [3.05, 3.63) is 59.0 Å². The van der Waals surface area contributed by atoms with Gasteiger partial charge in [0.15, 0.2) is 0 Å². The molecule has 6 heteroatoms. The number of nitrogens with zero attached hydrogens (tertiary/aromatic N) is 2. The van der Waals surface area contributed by atoms with Crippen LogP contribution < -0.4 is 9.47 Å². The highest BCUT2D eigenvalue weighted by molar-refractivity contribution is 5.85. The second-order valence-corrected chi connectivity index (χ2v) is 16.4. The van der Waals surface area contributed by atoms with Gasteiger partial charge < -0.3 is 18.3 Å². The van der Waals surface area contributed by atoms with Crippen LogP contribution in [-0.4, -0.2) is 61.8 Å². The number of fused-ring (bicyclic) bond motifs is 8. The highest BCUT2D eigenvalue weighted by Crippen LogP contribution is 2.60. The van der Waals surface area contributed by atoms with Crippen molar-refractivity contribution in [2.24, 2.45) is 29.6 Å². The van der Waals surface area contributed by atoms with Crippen LogP contribution in [0.25, 0.3) is 21.9 Å². The van der Waals surface area contributed by atoms with Crippen LogP contribution in [0.15, 0.2) is 45.2 Å². The van der Waals surface area contributed by atoms with E-state index in [1.54, 1.807) is 14.2 Å². The summed E-state index contributed by atoms with van der Waals surface area (Å²) in [6.45, 7) is 8.49. The van der Waals surface area contributed by atoms with E-state index < -0.39 is 0 Å². The Labute approximate surface area is 285 Å². The normalized spacial score (nSPS) is 37.7. The topological polar surface area (TPSA) is 51.2 Å². The first-order valence-electron chi connectivity index (χ1n) is 19.3. The molecule has 8 aliphatic rings. The minimum absolute atomic E-state index is 0.478. The quantitative estimate of drug-likeness (QED) is 0.200. The van der Waals surface area contributed by atoms with E-state index in [9.17, 15) is 0 Å². The average Bonchev–Trinajstić information content (AvgIpc) is 3.61. The van der Waals surface area contributed by atoms with Gasteiger partial charge in [-0.2, -0.15) is 0 Å². The molecule has 6 fully saturated rings. The second kappa shape index (κ2) is 11.3. The third-order valence-corrected chi connectivity index (χ3v) is 14.3. The Hall–Kier alpha value is -2.96. The smallest absolute Gasteiger partial charge is 0.134 e. The third kappa shape index (κ3) is 4.23. The largest absolute Gasteiger partial charge is 0.497 e. The summed E-state index contributed by atoms with van der Waals surface area (Å²) < 4.78 is 25.3. The molecule has 0 spiro atoms. The Morgan fingerprint density at radius 2 is 1.46 bits per heavy atom. The standard InChI is InChI=1S/C42H52N2O4/c1-5-7-24-15-23-16-33-39(24)44(21-23)35(20-32-31-19-27(46-4)10-12-37(31)48-42(32)33)38-25-17-34-40(29(38)8-6-2)43(22-25)14-13-28-30-18-26(45-3)9-11-36(30)47-41(28)34/h9-12,18-19,23-25,29,33-35,38-40H,5-8,13-17,20-22H2,1-4H3. The summed E-state index contributed by atoms with van der Waals surface area (Å²) in [5.74, 6) is 9.07. The summed E-state index contributed by atoms with van der Waals surface area (Å²) >= 11 is 0. The number of hydrogen-bond acceptors (Lipinski definition) is 6. The molecule has 0 N–H and O–H groups in total. The van der Waals surface area contributed by atoms with Gasteiger partial charge in [-0.05, 0) is 111 Å². The van der Waals surface area contributed by atoms with Crippen LogP contribution in [0.3, 0.4) is 0 Å². The molecule has 2 aliphatic carbocycles. The average molecular weight is 649 g/mol. The highest BCUT2D eigenvalue weighted by atomic mass is 16.5. The molecule has 8 heterocycles. The molecule has 0 radical (unpaired) electrons. The van der Waals surface area contributed by atoms with E-state index in [2.05, 4.69) is 60.0 Å². The van der Waals surface area contributed by atoms with Gasteiger partial charge in [-0.15, -0.1) is 0 Å². The summed E-state index contributed by atoms with van der Waals surface area (Å²) in [5, 5.41) is 2.58. The van der Waals surface area contributed by atoms with E-state index in [0.717, 1.165) is 53.9 Å². The molecule has 4 saturated heterocycles. The molecule has 4 aromatic rings. The molecule has 254 valence electrons. The van der Waals surface area contributed by atoms with E-state index >= 15 is 0 Å². The lowest BCUT2D eigenvalue weighted by Gasteiger charge is -2.62. The molecule has 48 heavy (non-hydrogen) atoms. The maximum atomic E-state index is 6.96. The van der Waals surface area contributed by atoms with E-state index in [-0.39, 0.29) is 0 Å².